The van der Waals surface area contributed by atoms with Gasteiger partial charge in [-0.2, -0.15) is 10.5 Å². The van der Waals surface area contributed by atoms with Gasteiger partial charge >= 0.3 is 0 Å². The van der Waals surface area contributed by atoms with E-state index in [9.17, 15) is 10.5 Å². The second-order valence-electron chi connectivity index (χ2n) is 18.5. The average Bonchev–Trinajstić information content (AvgIpc) is 3.91. The molecule has 0 amide bonds. The molecule has 0 unspecified atom stereocenters. The van der Waals surface area contributed by atoms with Crippen molar-refractivity contribution < 1.29 is 0 Å². The minimum atomic E-state index is -0.0639. The first-order valence-electron chi connectivity index (χ1n) is 21.1. The number of hydrogen-bond acceptors (Lipinski definition) is 2. The molecule has 0 aliphatic carbocycles. The summed E-state index contributed by atoms with van der Waals surface area (Å²) in [6.07, 6.45) is 3.73. The van der Waals surface area contributed by atoms with Crippen molar-refractivity contribution in [2.75, 3.05) is 0 Å². The van der Waals surface area contributed by atoms with Crippen molar-refractivity contribution >= 4 is 65.3 Å². The minimum absolute atomic E-state index is 0.0639. The van der Waals surface area contributed by atoms with Crippen LogP contribution in [-0.2, 0) is 17.3 Å². The Morgan fingerprint density at radius 1 is 0.541 bits per heavy atom. The lowest BCUT2D eigenvalue weighted by molar-refractivity contribution is 0.590. The molecule has 10 aromatic rings. The minimum Gasteiger partial charge on any atom is -0.314 e. The maximum atomic E-state index is 11.1. The fourth-order valence-electron chi connectivity index (χ4n) is 9.50. The maximum absolute atomic E-state index is 11.1. The highest BCUT2D eigenvalue weighted by molar-refractivity contribution is 6.22. The Bertz CT molecular complexity index is 3470. The third-order valence-electron chi connectivity index (χ3n) is 12.6. The van der Waals surface area contributed by atoms with Crippen LogP contribution in [0.4, 0.5) is 0 Å². The Morgan fingerprint density at radius 3 is 1.82 bits per heavy atom. The maximum Gasteiger partial charge on any atom is 0.101 e. The number of nitrogens with zero attached hydrogens (tertiary/aromatic N) is 5. The van der Waals surface area contributed by atoms with Gasteiger partial charge in [-0.3, -0.25) is 0 Å². The Labute approximate surface area is 356 Å². The molecule has 7 aromatic carbocycles. The molecule has 0 N–H and O–H groups in total. The van der Waals surface area contributed by atoms with Crippen molar-refractivity contribution in [2.45, 2.75) is 65.2 Å². The fraction of sp³-hybridized carbons (Fsp3) is 0.179. The van der Waals surface area contributed by atoms with Crippen molar-refractivity contribution in [3.63, 3.8) is 0 Å². The Hall–Kier alpha value is -7.34. The summed E-state index contributed by atoms with van der Waals surface area (Å²) in [5.74, 6) is 0. The van der Waals surface area contributed by atoms with E-state index in [1.165, 1.54) is 22.2 Å². The van der Waals surface area contributed by atoms with Gasteiger partial charge in [-0.05, 0) is 118 Å². The number of aryl methyl sites for hydroxylation is 1. The van der Waals surface area contributed by atoms with Crippen LogP contribution >= 0.6 is 0 Å². The van der Waals surface area contributed by atoms with Crippen LogP contribution in [-0.4, -0.2) is 13.7 Å². The molecule has 3 aromatic heterocycles. The summed E-state index contributed by atoms with van der Waals surface area (Å²) < 4.78 is 6.94. The zero-order valence-corrected chi connectivity index (χ0v) is 35.6. The number of rotatable bonds is 6. The second-order valence-corrected chi connectivity index (χ2v) is 18.5. The van der Waals surface area contributed by atoms with Gasteiger partial charge in [-0.1, -0.05) is 108 Å². The van der Waals surface area contributed by atoms with Gasteiger partial charge in [0.15, 0.2) is 0 Å². The summed E-state index contributed by atoms with van der Waals surface area (Å²) in [6, 6.07) is 52.8. The predicted molar refractivity (Wildman–Crippen MR) is 255 cm³/mol. The zero-order valence-electron chi connectivity index (χ0n) is 35.6. The van der Waals surface area contributed by atoms with E-state index < -0.39 is 0 Å². The third kappa shape index (κ3) is 5.95. The van der Waals surface area contributed by atoms with Gasteiger partial charge in [0, 0.05) is 38.3 Å². The summed E-state index contributed by atoms with van der Waals surface area (Å²) in [4.78, 5) is 0. The SMILES string of the molecule is C=CCCc1cc2ccccc2n1-c1ccc2c(c1)c1c3ccccc3ccc1n2-c1cc(C#N)cc(C#N)c1-n1c2ccc(C(C)(C)C)cc2c2cc(C(C)(C)C)ccc21. The Balaban J connectivity index is 1.35. The van der Waals surface area contributed by atoms with Gasteiger partial charge in [-0.15, -0.1) is 6.58 Å². The van der Waals surface area contributed by atoms with E-state index >= 15 is 0 Å². The van der Waals surface area contributed by atoms with E-state index in [-0.39, 0.29) is 10.8 Å². The number of nitriles is 2. The van der Waals surface area contributed by atoms with Gasteiger partial charge < -0.3 is 13.7 Å². The highest BCUT2D eigenvalue weighted by Gasteiger charge is 2.26. The number of aromatic nitrogens is 3. The summed E-state index contributed by atoms with van der Waals surface area (Å²) >= 11 is 0. The molecule has 0 bridgehead atoms. The van der Waals surface area contributed by atoms with E-state index in [2.05, 4.69) is 195 Å². The van der Waals surface area contributed by atoms with E-state index in [1.54, 1.807) is 6.07 Å². The smallest absolute Gasteiger partial charge is 0.101 e. The highest BCUT2D eigenvalue weighted by atomic mass is 15.1. The summed E-state index contributed by atoms with van der Waals surface area (Å²) in [5.41, 5.74) is 12.2. The van der Waals surface area contributed by atoms with Crippen LogP contribution in [0.15, 0.2) is 146 Å². The lowest BCUT2D eigenvalue weighted by Crippen LogP contribution is -2.11. The quantitative estimate of drug-likeness (QED) is 0.158. The topological polar surface area (TPSA) is 62.4 Å². The third-order valence-corrected chi connectivity index (χ3v) is 12.6. The Kier molecular flexibility index (Phi) is 8.62. The number of benzene rings is 7. The van der Waals surface area contributed by atoms with Crippen LogP contribution in [0.3, 0.4) is 0 Å². The van der Waals surface area contributed by atoms with Crippen molar-refractivity contribution in [1.29, 1.82) is 10.5 Å². The van der Waals surface area contributed by atoms with E-state index in [1.807, 2.05) is 12.1 Å². The molecule has 0 spiro atoms. The van der Waals surface area contributed by atoms with E-state index in [0.717, 1.165) is 89.8 Å². The lowest BCUT2D eigenvalue weighted by Gasteiger charge is -2.21. The Morgan fingerprint density at radius 2 is 1.16 bits per heavy atom. The van der Waals surface area contributed by atoms with Crippen molar-refractivity contribution in [3.05, 3.63) is 174 Å². The van der Waals surface area contributed by atoms with Crippen molar-refractivity contribution in [3.8, 4) is 29.2 Å². The predicted octanol–water partition coefficient (Wildman–Crippen LogP) is 14.4. The lowest BCUT2D eigenvalue weighted by atomic mass is 9.85. The molecular formula is C56H47N5. The average molecular weight is 790 g/mol. The molecular weight excluding hydrogens is 743 g/mol. The molecule has 0 aliphatic rings. The number of fused-ring (bicyclic) bond motifs is 9. The molecule has 0 aliphatic heterocycles. The molecule has 3 heterocycles. The van der Waals surface area contributed by atoms with Crippen molar-refractivity contribution in [2.24, 2.45) is 0 Å². The van der Waals surface area contributed by atoms with Gasteiger partial charge in [0.05, 0.1) is 56.2 Å². The second kappa shape index (κ2) is 13.9. The molecule has 10 rings (SSSR count). The summed E-state index contributed by atoms with van der Waals surface area (Å²) in [6.45, 7) is 17.5. The van der Waals surface area contributed by atoms with Crippen LogP contribution in [0.1, 0.15) is 75.9 Å². The molecule has 61 heavy (non-hydrogen) atoms. The first kappa shape index (κ1) is 37.9. The highest BCUT2D eigenvalue weighted by Crippen LogP contribution is 2.44. The van der Waals surface area contributed by atoms with Crippen LogP contribution in [0.5, 0.6) is 0 Å². The summed E-state index contributed by atoms with van der Waals surface area (Å²) in [5, 5.41) is 29.6. The molecule has 0 saturated carbocycles. The molecule has 0 fully saturated rings. The number of hydrogen-bond donors (Lipinski definition) is 0. The van der Waals surface area contributed by atoms with Crippen molar-refractivity contribution in [1.82, 2.24) is 13.7 Å². The number of para-hydroxylation sites is 1. The normalized spacial score (nSPS) is 12.3. The molecule has 0 atom stereocenters. The fourth-order valence-corrected chi connectivity index (χ4v) is 9.50. The molecule has 0 saturated heterocycles. The van der Waals surface area contributed by atoms with E-state index in [0.29, 0.717) is 11.1 Å². The largest absolute Gasteiger partial charge is 0.314 e. The molecule has 296 valence electrons. The van der Waals surface area contributed by atoms with E-state index in [4.69, 9.17) is 0 Å². The van der Waals surface area contributed by atoms with Gasteiger partial charge in [0.25, 0.3) is 0 Å². The first-order chi connectivity index (χ1) is 29.4. The molecule has 5 nitrogen and oxygen atoms in total. The van der Waals surface area contributed by atoms with Crippen LogP contribution in [0.2, 0.25) is 0 Å². The van der Waals surface area contributed by atoms with Gasteiger partial charge in [0.1, 0.15) is 6.07 Å². The van der Waals surface area contributed by atoms with Crippen LogP contribution in [0.25, 0.3) is 82.3 Å². The standard InChI is InChI=1S/C56H47N5/c1-8-9-16-41-29-37-15-11-13-18-47(37)59(41)42-22-26-50-46(32-42)53-43-17-12-10-14-36(43)19-23-51(53)60(50)52-28-35(33-57)27-38(34-58)54(52)61-48-24-20-39(55(2,3)4)30-44(48)45-31-40(56(5,6)7)21-25-49(45)61/h8,10-15,17-32H,1,9,16H2,2-7H3. The zero-order chi connectivity index (χ0) is 42.4. The molecule has 0 radical (unpaired) electrons. The monoisotopic (exact) mass is 789 g/mol. The number of allylic oxidation sites excluding steroid dienone is 1. The van der Waals surface area contributed by atoms with Crippen LogP contribution in [0, 0.1) is 22.7 Å². The molecule has 5 heteroatoms. The summed E-state index contributed by atoms with van der Waals surface area (Å²) in [7, 11) is 0. The van der Waals surface area contributed by atoms with Crippen LogP contribution < -0.4 is 0 Å². The van der Waals surface area contributed by atoms with Gasteiger partial charge in [0.2, 0.25) is 0 Å². The first-order valence-corrected chi connectivity index (χ1v) is 21.1. The van der Waals surface area contributed by atoms with Gasteiger partial charge in [-0.25, -0.2) is 0 Å².